The molecule has 4 nitrogen and oxygen atoms in total. The molecule has 1 aliphatic heterocycles. The van der Waals surface area contributed by atoms with E-state index >= 15 is 0 Å². The van der Waals surface area contributed by atoms with Gasteiger partial charge in [0.25, 0.3) is 0 Å². The highest BCUT2D eigenvalue weighted by atomic mass is 15.3. The summed E-state index contributed by atoms with van der Waals surface area (Å²) in [6, 6.07) is 3.32. The van der Waals surface area contributed by atoms with E-state index in [-0.39, 0.29) is 0 Å². The Morgan fingerprint density at radius 2 is 2.11 bits per heavy atom. The summed E-state index contributed by atoms with van der Waals surface area (Å²) in [6.07, 6.45) is 4.81. The van der Waals surface area contributed by atoms with Crippen LogP contribution in [0.4, 0.5) is 11.8 Å². The maximum absolute atomic E-state index is 4.71. The zero-order valence-electron chi connectivity index (χ0n) is 12.6. The molecule has 0 saturated carbocycles. The summed E-state index contributed by atoms with van der Waals surface area (Å²) in [5.74, 6) is 1.86. The van der Waals surface area contributed by atoms with E-state index in [9.17, 15) is 0 Å². The number of aromatic nitrogens is 2. The molecule has 19 heavy (non-hydrogen) atoms. The van der Waals surface area contributed by atoms with Crippen LogP contribution in [-0.2, 0) is 0 Å². The monoisotopic (exact) mass is 262 g/mol. The lowest BCUT2D eigenvalue weighted by atomic mass is 10.1. The van der Waals surface area contributed by atoms with Crippen LogP contribution in [0.1, 0.15) is 52.1 Å². The van der Waals surface area contributed by atoms with Gasteiger partial charge in [0.2, 0.25) is 5.95 Å². The predicted molar refractivity (Wildman–Crippen MR) is 80.8 cm³/mol. The van der Waals surface area contributed by atoms with Crippen molar-refractivity contribution < 1.29 is 0 Å². The van der Waals surface area contributed by atoms with Crippen molar-refractivity contribution in [2.24, 2.45) is 0 Å². The van der Waals surface area contributed by atoms with E-state index in [1.54, 1.807) is 0 Å². The van der Waals surface area contributed by atoms with Gasteiger partial charge in [-0.15, -0.1) is 0 Å². The Morgan fingerprint density at radius 3 is 2.79 bits per heavy atom. The van der Waals surface area contributed by atoms with Crippen molar-refractivity contribution in [3.05, 3.63) is 11.8 Å². The van der Waals surface area contributed by atoms with Crippen LogP contribution in [-0.4, -0.2) is 28.6 Å². The molecule has 1 aromatic rings. The van der Waals surface area contributed by atoms with Crippen LogP contribution >= 0.6 is 0 Å². The third kappa shape index (κ3) is 3.17. The van der Waals surface area contributed by atoms with Crippen LogP contribution in [0.25, 0.3) is 0 Å². The average Bonchev–Trinajstić information content (AvgIpc) is 2.77. The summed E-state index contributed by atoms with van der Waals surface area (Å²) < 4.78 is 0. The molecule has 0 spiro atoms. The summed E-state index contributed by atoms with van der Waals surface area (Å²) in [4.78, 5) is 11.7. The van der Waals surface area contributed by atoms with E-state index in [0.717, 1.165) is 30.4 Å². The maximum Gasteiger partial charge on any atom is 0.224 e. The van der Waals surface area contributed by atoms with Crippen molar-refractivity contribution in [2.75, 3.05) is 16.8 Å². The van der Waals surface area contributed by atoms with E-state index in [1.165, 1.54) is 19.3 Å². The van der Waals surface area contributed by atoms with Gasteiger partial charge in [0.1, 0.15) is 5.82 Å². The summed E-state index contributed by atoms with van der Waals surface area (Å²) in [7, 11) is 0. The van der Waals surface area contributed by atoms with Crippen LogP contribution in [0.5, 0.6) is 0 Å². The SMILES string of the molecule is CCCNc1nc(C)cc(N2C(C)CCC2CC)n1. The largest absolute Gasteiger partial charge is 0.354 e. The molecule has 2 rings (SSSR count). The minimum Gasteiger partial charge on any atom is -0.354 e. The van der Waals surface area contributed by atoms with Crippen LogP contribution in [0.15, 0.2) is 6.07 Å². The van der Waals surface area contributed by atoms with Gasteiger partial charge in [-0.2, -0.15) is 4.98 Å². The molecule has 1 saturated heterocycles. The summed E-state index contributed by atoms with van der Waals surface area (Å²) in [6.45, 7) is 9.69. The Kier molecular flexibility index (Phi) is 4.61. The lowest BCUT2D eigenvalue weighted by molar-refractivity contribution is 0.620. The summed E-state index contributed by atoms with van der Waals surface area (Å²) in [5.41, 5.74) is 1.04. The Morgan fingerprint density at radius 1 is 1.32 bits per heavy atom. The van der Waals surface area contributed by atoms with Gasteiger partial charge >= 0.3 is 0 Å². The second-order valence-electron chi connectivity index (χ2n) is 5.51. The Bertz CT molecular complexity index is 419. The number of aryl methyl sites for hydroxylation is 1. The molecule has 106 valence electrons. The highest BCUT2D eigenvalue weighted by molar-refractivity contribution is 5.47. The Balaban J connectivity index is 2.25. The fourth-order valence-corrected chi connectivity index (χ4v) is 2.89. The first-order valence-corrected chi connectivity index (χ1v) is 7.53. The van der Waals surface area contributed by atoms with E-state index in [1.807, 2.05) is 6.92 Å². The normalized spacial score (nSPS) is 22.8. The number of hydrogen-bond donors (Lipinski definition) is 1. The van der Waals surface area contributed by atoms with Crippen molar-refractivity contribution in [1.82, 2.24) is 9.97 Å². The molecule has 1 N–H and O–H groups in total. The second-order valence-corrected chi connectivity index (χ2v) is 5.51. The van der Waals surface area contributed by atoms with Crippen LogP contribution in [0, 0.1) is 6.92 Å². The molecule has 0 bridgehead atoms. The Labute approximate surface area is 116 Å². The fraction of sp³-hybridized carbons (Fsp3) is 0.733. The van der Waals surface area contributed by atoms with Gasteiger partial charge in [0, 0.05) is 30.4 Å². The zero-order chi connectivity index (χ0) is 13.8. The molecule has 4 heteroatoms. The minimum atomic E-state index is 0.582. The van der Waals surface area contributed by atoms with Gasteiger partial charge in [0.15, 0.2) is 0 Å². The molecule has 2 atom stereocenters. The van der Waals surface area contributed by atoms with Gasteiger partial charge in [-0.05, 0) is 39.5 Å². The van der Waals surface area contributed by atoms with Crippen LogP contribution in [0.2, 0.25) is 0 Å². The van der Waals surface area contributed by atoms with E-state index in [4.69, 9.17) is 4.98 Å². The molecule has 0 radical (unpaired) electrons. The maximum atomic E-state index is 4.71. The quantitative estimate of drug-likeness (QED) is 0.883. The number of hydrogen-bond acceptors (Lipinski definition) is 4. The first kappa shape index (κ1) is 14.1. The lowest BCUT2D eigenvalue weighted by Crippen LogP contribution is -2.35. The minimum absolute atomic E-state index is 0.582. The molecule has 1 aliphatic rings. The van der Waals surface area contributed by atoms with Gasteiger partial charge in [-0.1, -0.05) is 13.8 Å². The van der Waals surface area contributed by atoms with E-state index in [0.29, 0.717) is 12.1 Å². The molecule has 2 unspecified atom stereocenters. The van der Waals surface area contributed by atoms with E-state index in [2.05, 4.69) is 42.0 Å². The van der Waals surface area contributed by atoms with Gasteiger partial charge in [0.05, 0.1) is 0 Å². The topological polar surface area (TPSA) is 41.1 Å². The molecular formula is C15H26N4. The number of anilines is 2. The lowest BCUT2D eigenvalue weighted by Gasteiger charge is -2.29. The standard InChI is InChI=1S/C15H26N4/c1-5-9-16-15-17-11(3)10-14(18-15)19-12(4)7-8-13(19)6-2/h10,12-13H,5-9H2,1-4H3,(H,16,17,18). The molecule has 1 fully saturated rings. The first-order chi connectivity index (χ1) is 9.15. The zero-order valence-corrected chi connectivity index (χ0v) is 12.6. The molecule has 0 amide bonds. The molecular weight excluding hydrogens is 236 g/mol. The molecule has 2 heterocycles. The van der Waals surface area contributed by atoms with Crippen molar-refractivity contribution in [3.63, 3.8) is 0 Å². The van der Waals surface area contributed by atoms with Crippen LogP contribution < -0.4 is 10.2 Å². The number of rotatable bonds is 5. The average molecular weight is 262 g/mol. The molecule has 0 aromatic carbocycles. The van der Waals surface area contributed by atoms with Gasteiger partial charge in [-0.3, -0.25) is 0 Å². The predicted octanol–water partition coefficient (Wildman–Crippen LogP) is 3.37. The van der Waals surface area contributed by atoms with Gasteiger partial charge < -0.3 is 10.2 Å². The highest BCUT2D eigenvalue weighted by Crippen LogP contribution is 2.31. The summed E-state index contributed by atoms with van der Waals surface area (Å²) in [5, 5.41) is 3.30. The highest BCUT2D eigenvalue weighted by Gasteiger charge is 2.30. The Hall–Kier alpha value is -1.32. The smallest absolute Gasteiger partial charge is 0.224 e. The third-order valence-corrected chi connectivity index (χ3v) is 3.90. The van der Waals surface area contributed by atoms with Crippen molar-refractivity contribution in [2.45, 2.75) is 65.5 Å². The number of nitrogens with zero attached hydrogens (tertiary/aromatic N) is 3. The third-order valence-electron chi connectivity index (χ3n) is 3.90. The van der Waals surface area contributed by atoms with Crippen molar-refractivity contribution >= 4 is 11.8 Å². The summed E-state index contributed by atoms with van der Waals surface area (Å²) >= 11 is 0. The first-order valence-electron chi connectivity index (χ1n) is 7.53. The van der Waals surface area contributed by atoms with Crippen molar-refractivity contribution in [1.29, 1.82) is 0 Å². The van der Waals surface area contributed by atoms with Crippen LogP contribution in [0.3, 0.4) is 0 Å². The number of nitrogens with one attached hydrogen (secondary N) is 1. The van der Waals surface area contributed by atoms with Crippen molar-refractivity contribution in [3.8, 4) is 0 Å². The molecule has 1 aromatic heterocycles. The molecule has 0 aliphatic carbocycles. The van der Waals surface area contributed by atoms with Gasteiger partial charge in [-0.25, -0.2) is 4.98 Å². The fourth-order valence-electron chi connectivity index (χ4n) is 2.89. The van der Waals surface area contributed by atoms with E-state index < -0.39 is 0 Å². The second kappa shape index (κ2) is 6.22.